The molecule has 0 unspecified atom stereocenters. The van der Waals surface area contributed by atoms with E-state index in [-0.39, 0.29) is 10.6 Å². The molecule has 0 saturated carbocycles. The molecule has 110 valence electrons. The van der Waals surface area contributed by atoms with Crippen LogP contribution in [0.1, 0.15) is 10.4 Å². The monoisotopic (exact) mass is 372 g/mol. The van der Waals surface area contributed by atoms with E-state index in [0.717, 1.165) is 6.07 Å². The Morgan fingerprint density at radius 3 is 2.71 bits per heavy atom. The van der Waals surface area contributed by atoms with Crippen LogP contribution in [0.15, 0.2) is 34.8 Å². The van der Waals surface area contributed by atoms with Crippen molar-refractivity contribution in [1.29, 1.82) is 0 Å². The third-order valence-electron chi connectivity index (χ3n) is 2.76. The predicted octanol–water partition coefficient (Wildman–Crippen LogP) is 4.35. The summed E-state index contributed by atoms with van der Waals surface area (Å²) in [5.41, 5.74) is 7.23. The summed E-state index contributed by atoms with van der Waals surface area (Å²) < 4.78 is 18.4. The number of hydrogen-bond acceptors (Lipinski definition) is 4. The first kappa shape index (κ1) is 15.6. The minimum Gasteiger partial charge on any atom is -0.465 e. The lowest BCUT2D eigenvalue weighted by atomic mass is 10.1. The number of esters is 1. The maximum absolute atomic E-state index is 13.2. The van der Waals surface area contributed by atoms with Crippen molar-refractivity contribution >= 4 is 50.6 Å². The largest absolute Gasteiger partial charge is 0.465 e. The number of para-hydroxylation sites is 1. The first-order chi connectivity index (χ1) is 9.93. The minimum absolute atomic E-state index is 0.154. The average molecular weight is 374 g/mol. The van der Waals surface area contributed by atoms with Crippen molar-refractivity contribution in [3.63, 3.8) is 0 Å². The van der Waals surface area contributed by atoms with Crippen LogP contribution < -0.4 is 11.1 Å². The molecule has 2 rings (SSSR count). The van der Waals surface area contributed by atoms with E-state index in [9.17, 15) is 9.18 Å². The maximum Gasteiger partial charge on any atom is 0.340 e. The molecule has 21 heavy (non-hydrogen) atoms. The Balaban J connectivity index is 2.52. The number of nitrogens with one attached hydrogen (secondary N) is 1. The van der Waals surface area contributed by atoms with Gasteiger partial charge in [0.1, 0.15) is 5.82 Å². The van der Waals surface area contributed by atoms with Gasteiger partial charge >= 0.3 is 5.97 Å². The SMILES string of the molecule is COC(=O)c1cccc(N)c1Nc1c(Cl)cc(F)cc1Br. The van der Waals surface area contributed by atoms with Crippen molar-refractivity contribution in [1.82, 2.24) is 0 Å². The van der Waals surface area contributed by atoms with Crippen LogP contribution in [0.25, 0.3) is 0 Å². The lowest BCUT2D eigenvalue weighted by Crippen LogP contribution is -2.08. The molecule has 0 aliphatic rings. The molecule has 0 fully saturated rings. The molecule has 0 radical (unpaired) electrons. The van der Waals surface area contributed by atoms with E-state index < -0.39 is 11.8 Å². The van der Waals surface area contributed by atoms with Crippen molar-refractivity contribution in [2.45, 2.75) is 0 Å². The molecule has 4 nitrogen and oxygen atoms in total. The molecule has 2 aromatic carbocycles. The fourth-order valence-electron chi connectivity index (χ4n) is 1.78. The molecule has 7 heteroatoms. The van der Waals surface area contributed by atoms with E-state index in [1.807, 2.05) is 0 Å². The smallest absolute Gasteiger partial charge is 0.340 e. The van der Waals surface area contributed by atoms with E-state index in [1.165, 1.54) is 13.2 Å². The van der Waals surface area contributed by atoms with Gasteiger partial charge in [-0.3, -0.25) is 0 Å². The van der Waals surface area contributed by atoms with Gasteiger partial charge in [0, 0.05) is 4.47 Å². The molecule has 0 saturated heterocycles. The van der Waals surface area contributed by atoms with Crippen molar-refractivity contribution in [2.24, 2.45) is 0 Å². The number of methoxy groups -OCH3 is 1. The standard InChI is InChI=1S/C14H11BrClFN2O2/c1-21-14(20)8-3-2-4-11(18)12(8)19-13-9(15)5-7(17)6-10(13)16/h2-6,19H,18H2,1H3. The normalized spacial score (nSPS) is 10.3. The summed E-state index contributed by atoms with van der Waals surface area (Å²) in [6, 6.07) is 7.24. The molecule has 0 aromatic heterocycles. The van der Waals surface area contributed by atoms with Crippen molar-refractivity contribution in [3.8, 4) is 0 Å². The molecule has 0 aliphatic heterocycles. The zero-order valence-electron chi connectivity index (χ0n) is 10.9. The zero-order valence-corrected chi connectivity index (χ0v) is 13.3. The summed E-state index contributed by atoms with van der Waals surface area (Å²) in [5, 5.41) is 3.10. The number of carbonyl (C=O) groups excluding carboxylic acids is 1. The zero-order chi connectivity index (χ0) is 15.6. The predicted molar refractivity (Wildman–Crippen MR) is 84.6 cm³/mol. The molecule has 0 atom stereocenters. The number of anilines is 3. The maximum atomic E-state index is 13.2. The van der Waals surface area contributed by atoms with Gasteiger partial charge in [0.05, 0.1) is 34.8 Å². The third kappa shape index (κ3) is 3.28. The Morgan fingerprint density at radius 2 is 2.10 bits per heavy atom. The quantitative estimate of drug-likeness (QED) is 0.620. The molecule has 0 spiro atoms. The van der Waals surface area contributed by atoms with Gasteiger partial charge in [-0.05, 0) is 40.2 Å². The highest BCUT2D eigenvalue weighted by atomic mass is 79.9. The van der Waals surface area contributed by atoms with Crippen LogP contribution in [-0.4, -0.2) is 13.1 Å². The first-order valence-corrected chi connectivity index (χ1v) is 6.99. The molecular formula is C14H11BrClFN2O2. The lowest BCUT2D eigenvalue weighted by molar-refractivity contribution is 0.0602. The summed E-state index contributed by atoms with van der Waals surface area (Å²) in [6.45, 7) is 0. The van der Waals surface area contributed by atoms with Crippen molar-refractivity contribution < 1.29 is 13.9 Å². The van der Waals surface area contributed by atoms with E-state index in [4.69, 9.17) is 22.1 Å². The highest BCUT2D eigenvalue weighted by Crippen LogP contribution is 2.37. The first-order valence-electron chi connectivity index (χ1n) is 5.82. The number of ether oxygens (including phenoxy) is 1. The van der Waals surface area contributed by atoms with Crippen LogP contribution in [0.5, 0.6) is 0 Å². The summed E-state index contributed by atoms with van der Waals surface area (Å²) in [5.74, 6) is -1.02. The summed E-state index contributed by atoms with van der Waals surface area (Å²) in [4.78, 5) is 11.8. The van der Waals surface area contributed by atoms with Gasteiger partial charge in [-0.1, -0.05) is 17.7 Å². The van der Waals surface area contributed by atoms with Crippen LogP contribution in [0, 0.1) is 5.82 Å². The Hall–Kier alpha value is -1.79. The fourth-order valence-corrected chi connectivity index (χ4v) is 2.68. The van der Waals surface area contributed by atoms with Gasteiger partial charge in [0.2, 0.25) is 0 Å². The van der Waals surface area contributed by atoms with E-state index in [0.29, 0.717) is 21.5 Å². The summed E-state index contributed by atoms with van der Waals surface area (Å²) in [6.07, 6.45) is 0. The average Bonchev–Trinajstić information content (AvgIpc) is 2.43. The Bertz CT molecular complexity index is 686. The highest BCUT2D eigenvalue weighted by Gasteiger charge is 2.17. The Morgan fingerprint density at radius 1 is 1.38 bits per heavy atom. The minimum atomic E-state index is -0.542. The highest BCUT2D eigenvalue weighted by molar-refractivity contribution is 9.10. The third-order valence-corrected chi connectivity index (χ3v) is 3.68. The number of rotatable bonds is 3. The summed E-state index contributed by atoms with van der Waals surface area (Å²) in [7, 11) is 1.27. The molecule has 3 N–H and O–H groups in total. The Kier molecular flexibility index (Phi) is 4.69. The molecule has 0 aliphatic carbocycles. The van der Waals surface area contributed by atoms with Gasteiger partial charge in [-0.15, -0.1) is 0 Å². The number of nitrogens with two attached hydrogens (primary N) is 1. The number of hydrogen-bond donors (Lipinski definition) is 2. The van der Waals surface area contributed by atoms with Crippen LogP contribution >= 0.6 is 27.5 Å². The van der Waals surface area contributed by atoms with Crippen LogP contribution in [0.2, 0.25) is 5.02 Å². The van der Waals surface area contributed by atoms with Gasteiger partial charge in [0.15, 0.2) is 0 Å². The van der Waals surface area contributed by atoms with Crippen LogP contribution in [-0.2, 0) is 4.74 Å². The number of halogens is 3. The molecular weight excluding hydrogens is 363 g/mol. The van der Waals surface area contributed by atoms with E-state index >= 15 is 0 Å². The lowest BCUT2D eigenvalue weighted by Gasteiger charge is -2.15. The molecule has 0 heterocycles. The number of benzene rings is 2. The van der Waals surface area contributed by atoms with Gasteiger partial charge in [-0.25, -0.2) is 9.18 Å². The van der Waals surface area contributed by atoms with Crippen LogP contribution in [0.3, 0.4) is 0 Å². The van der Waals surface area contributed by atoms with E-state index in [1.54, 1.807) is 18.2 Å². The molecule has 0 bridgehead atoms. The summed E-state index contributed by atoms with van der Waals surface area (Å²) >= 11 is 9.23. The second-order valence-electron chi connectivity index (χ2n) is 4.13. The van der Waals surface area contributed by atoms with Gasteiger partial charge < -0.3 is 15.8 Å². The van der Waals surface area contributed by atoms with Gasteiger partial charge in [-0.2, -0.15) is 0 Å². The van der Waals surface area contributed by atoms with Crippen molar-refractivity contribution in [2.75, 3.05) is 18.2 Å². The Labute approximate surface area is 134 Å². The molecule has 2 aromatic rings. The second kappa shape index (κ2) is 6.32. The van der Waals surface area contributed by atoms with E-state index in [2.05, 4.69) is 21.2 Å². The molecule has 0 amide bonds. The van der Waals surface area contributed by atoms with Crippen LogP contribution in [0.4, 0.5) is 21.5 Å². The fraction of sp³-hybridized carbons (Fsp3) is 0.0714. The second-order valence-corrected chi connectivity index (χ2v) is 5.39. The van der Waals surface area contributed by atoms with Crippen molar-refractivity contribution in [3.05, 3.63) is 51.2 Å². The number of carbonyl (C=O) groups is 1. The topological polar surface area (TPSA) is 64.3 Å². The van der Waals surface area contributed by atoms with Gasteiger partial charge in [0.25, 0.3) is 0 Å². The number of nitrogen functional groups attached to an aromatic ring is 1.